The van der Waals surface area contributed by atoms with Crippen molar-refractivity contribution in [1.82, 2.24) is 50.3 Å². The van der Waals surface area contributed by atoms with Crippen molar-refractivity contribution < 1.29 is 28.0 Å². The quantitative estimate of drug-likeness (QED) is 0.0786. The zero-order chi connectivity index (χ0) is 46.1. The third-order valence-corrected chi connectivity index (χ3v) is 13.9. The molecule has 0 radical (unpaired) electrons. The molecular formula is C47H61F2N13O4. The lowest BCUT2D eigenvalue weighted by Crippen LogP contribution is -2.47. The van der Waals surface area contributed by atoms with E-state index in [2.05, 4.69) is 44.8 Å². The van der Waals surface area contributed by atoms with Crippen LogP contribution < -0.4 is 26.7 Å². The Morgan fingerprint density at radius 1 is 0.909 bits per heavy atom. The van der Waals surface area contributed by atoms with Crippen LogP contribution in [0.3, 0.4) is 0 Å². The number of anilines is 3. The highest BCUT2D eigenvalue weighted by atomic mass is 19.1. The second kappa shape index (κ2) is 19.2. The van der Waals surface area contributed by atoms with Gasteiger partial charge in [-0.2, -0.15) is 5.10 Å². The molecule has 4 fully saturated rings. The Kier molecular flexibility index (Phi) is 13.2. The summed E-state index contributed by atoms with van der Waals surface area (Å²) in [5.41, 5.74) is 12.2. The SMILES string of the molecule is CC(C)n1nc(C2(C)NOC(C3CC3)=C2c2ncc(C3CCN(C(=O)CCCCCCCN4CCN(c5c(F)cc(N[C@H]6CCC(=O)NC6=O)cc5F)CC4)CC3)cn2)c2c(N)ncnc21. The van der Waals surface area contributed by atoms with Gasteiger partial charge in [0.2, 0.25) is 17.7 Å². The molecule has 1 aromatic carbocycles. The molecule has 1 aliphatic carbocycles. The number of nitrogens with zero attached hydrogens (tertiary/aromatic N) is 9. The summed E-state index contributed by atoms with van der Waals surface area (Å²) in [7, 11) is 0. The summed E-state index contributed by atoms with van der Waals surface area (Å²) in [6.07, 6.45) is 15.1. The van der Waals surface area contributed by atoms with Gasteiger partial charge < -0.3 is 25.7 Å². The molecule has 352 valence electrons. The fourth-order valence-electron chi connectivity index (χ4n) is 9.96. The van der Waals surface area contributed by atoms with Gasteiger partial charge in [0.05, 0.1) is 11.0 Å². The van der Waals surface area contributed by atoms with Crippen LogP contribution in [0.4, 0.5) is 26.0 Å². The van der Waals surface area contributed by atoms with Gasteiger partial charge in [-0.25, -0.2) is 33.4 Å². The third-order valence-electron chi connectivity index (χ3n) is 13.9. The molecule has 3 saturated heterocycles. The van der Waals surface area contributed by atoms with Gasteiger partial charge in [0.15, 0.2) is 23.1 Å². The number of likely N-dealkylation sites (tertiary alicyclic amines) is 1. The molecule has 2 atom stereocenters. The summed E-state index contributed by atoms with van der Waals surface area (Å²) in [6.45, 7) is 10.9. The van der Waals surface area contributed by atoms with E-state index in [1.807, 2.05) is 28.9 Å². The van der Waals surface area contributed by atoms with Crippen LogP contribution in [-0.2, 0) is 24.8 Å². The van der Waals surface area contributed by atoms with Crippen molar-refractivity contribution >= 4 is 51.5 Å². The Bertz CT molecular complexity index is 2460. The van der Waals surface area contributed by atoms with Crippen molar-refractivity contribution in [2.75, 3.05) is 61.8 Å². The highest BCUT2D eigenvalue weighted by Crippen LogP contribution is 2.51. The van der Waals surface area contributed by atoms with Gasteiger partial charge in [0, 0.05) is 82.2 Å². The van der Waals surface area contributed by atoms with Crippen molar-refractivity contribution in [1.29, 1.82) is 0 Å². The average molecular weight is 910 g/mol. The molecule has 0 bridgehead atoms. The lowest BCUT2D eigenvalue weighted by molar-refractivity contribution is -0.134. The molecule has 19 heteroatoms. The fourth-order valence-corrected chi connectivity index (χ4v) is 9.96. The number of rotatable bonds is 16. The molecule has 66 heavy (non-hydrogen) atoms. The standard InChI is InChI=1S/C47H61F2N13O4/c1-28(2)62-45-38(43(50)53-27-54-45)42(57-62)47(3)39(41(66-58-47)30-10-11-30)44-51-25-31(26-52-44)29-14-17-60(18-15-29)37(64)9-7-5-4-6-8-16-59-19-21-61(22-20-59)40-33(48)23-32(24-34(40)49)55-35-12-13-36(63)56-46(35)65/h23-30,35,55,58H,4-22H2,1-3H3,(H2,50,53,54)(H,56,63,65)/t35-,47?/m0/s1. The van der Waals surface area contributed by atoms with E-state index in [1.54, 1.807) is 4.90 Å². The maximum absolute atomic E-state index is 15.2. The van der Waals surface area contributed by atoms with E-state index >= 15 is 8.78 Å². The van der Waals surface area contributed by atoms with E-state index in [1.165, 1.54) is 18.5 Å². The van der Waals surface area contributed by atoms with Crippen LogP contribution in [0.25, 0.3) is 16.6 Å². The van der Waals surface area contributed by atoms with Crippen LogP contribution in [0.5, 0.6) is 0 Å². The summed E-state index contributed by atoms with van der Waals surface area (Å²) in [5, 5.41) is 10.8. The number of nitrogen functional groups attached to an aromatic ring is 1. The number of allylic oxidation sites excluding steroid dienone is 1. The van der Waals surface area contributed by atoms with Gasteiger partial charge in [-0.1, -0.05) is 19.3 Å². The van der Waals surface area contributed by atoms with Crippen molar-refractivity contribution in [2.24, 2.45) is 5.92 Å². The molecule has 0 spiro atoms. The fraction of sp³-hybridized carbons (Fsp3) is 0.574. The number of hydrogen-bond donors (Lipinski definition) is 4. The van der Waals surface area contributed by atoms with Crippen LogP contribution in [0, 0.1) is 17.6 Å². The van der Waals surface area contributed by atoms with Crippen LogP contribution in [0.2, 0.25) is 0 Å². The molecule has 3 aromatic heterocycles. The highest BCUT2D eigenvalue weighted by molar-refractivity contribution is 6.01. The van der Waals surface area contributed by atoms with Crippen LogP contribution >= 0.6 is 0 Å². The van der Waals surface area contributed by atoms with Gasteiger partial charge in [0.25, 0.3) is 0 Å². The maximum atomic E-state index is 15.2. The Hall–Kier alpha value is -5.82. The zero-order valence-corrected chi connectivity index (χ0v) is 38.1. The topological polar surface area (TPSA) is 202 Å². The average Bonchev–Trinajstić information content (AvgIpc) is 3.97. The molecule has 9 rings (SSSR count). The first-order valence-corrected chi connectivity index (χ1v) is 23.7. The summed E-state index contributed by atoms with van der Waals surface area (Å²) < 4.78 is 32.2. The Morgan fingerprint density at radius 2 is 1.61 bits per heavy atom. The monoisotopic (exact) mass is 909 g/mol. The van der Waals surface area contributed by atoms with Gasteiger partial charge in [-0.3, -0.25) is 24.6 Å². The Balaban J connectivity index is 0.690. The number of hydroxylamine groups is 1. The van der Waals surface area contributed by atoms with E-state index in [9.17, 15) is 14.4 Å². The molecule has 1 saturated carbocycles. The summed E-state index contributed by atoms with van der Waals surface area (Å²) in [4.78, 5) is 67.7. The first-order chi connectivity index (χ1) is 31.9. The zero-order valence-electron chi connectivity index (χ0n) is 38.1. The van der Waals surface area contributed by atoms with Crippen LogP contribution in [-0.4, -0.2) is 109 Å². The molecule has 3 amide bonds. The van der Waals surface area contributed by atoms with E-state index in [0.29, 0.717) is 74.1 Å². The number of piperidine rings is 2. The van der Waals surface area contributed by atoms with Crippen molar-refractivity contribution in [3.63, 3.8) is 0 Å². The number of imide groups is 1. The Labute approximate surface area is 383 Å². The van der Waals surface area contributed by atoms with Gasteiger partial charge in [0.1, 0.15) is 40.9 Å². The van der Waals surface area contributed by atoms with Gasteiger partial charge >= 0.3 is 0 Å². The van der Waals surface area contributed by atoms with Gasteiger partial charge in [-0.15, -0.1) is 5.48 Å². The molecule has 5 N–H and O–H groups in total. The second-order valence-electron chi connectivity index (χ2n) is 19.0. The number of unbranched alkanes of at least 4 members (excludes halogenated alkanes) is 4. The summed E-state index contributed by atoms with van der Waals surface area (Å²) in [6, 6.07) is 1.75. The maximum Gasteiger partial charge on any atom is 0.249 e. The van der Waals surface area contributed by atoms with Crippen LogP contribution in [0.15, 0.2) is 36.6 Å². The van der Waals surface area contributed by atoms with Crippen LogP contribution in [0.1, 0.15) is 127 Å². The molecule has 4 aliphatic heterocycles. The minimum absolute atomic E-state index is 0.0447. The molecule has 7 heterocycles. The first kappa shape index (κ1) is 45.3. The molecular weight excluding hydrogens is 849 g/mol. The number of nitrogens with two attached hydrogens (primary N) is 1. The van der Waals surface area contributed by atoms with E-state index in [4.69, 9.17) is 25.6 Å². The lowest BCUT2D eigenvalue weighted by atomic mass is 9.85. The number of carbonyl (C=O) groups excluding carboxylic acids is 3. The lowest BCUT2D eigenvalue weighted by Gasteiger charge is -2.36. The third kappa shape index (κ3) is 9.41. The minimum atomic E-state index is -0.896. The number of piperazine rings is 1. The number of benzene rings is 1. The molecule has 5 aliphatic rings. The normalized spacial score (nSPS) is 22.1. The number of aromatic nitrogens is 6. The first-order valence-electron chi connectivity index (χ1n) is 23.7. The van der Waals surface area contributed by atoms with Gasteiger partial charge in [-0.05, 0) is 95.9 Å². The van der Waals surface area contributed by atoms with Crippen molar-refractivity contribution in [3.05, 3.63) is 65.3 Å². The number of carbonyl (C=O) groups is 3. The van der Waals surface area contributed by atoms with Crippen molar-refractivity contribution in [3.8, 4) is 0 Å². The Morgan fingerprint density at radius 3 is 2.29 bits per heavy atom. The largest absolute Gasteiger partial charge is 0.411 e. The number of fused-ring (bicyclic) bond motifs is 1. The molecule has 17 nitrogen and oxygen atoms in total. The number of amides is 3. The summed E-state index contributed by atoms with van der Waals surface area (Å²) >= 11 is 0. The van der Waals surface area contributed by atoms with E-state index < -0.39 is 29.1 Å². The smallest absolute Gasteiger partial charge is 0.249 e. The highest BCUT2D eigenvalue weighted by Gasteiger charge is 2.50. The summed E-state index contributed by atoms with van der Waals surface area (Å²) in [5.74, 6) is 0.346. The number of halogens is 2. The van der Waals surface area contributed by atoms with Crippen molar-refractivity contribution in [2.45, 2.75) is 121 Å². The molecule has 1 unspecified atom stereocenters. The van der Waals surface area contributed by atoms with E-state index in [0.717, 1.165) is 81.2 Å². The predicted octanol–water partition coefficient (Wildman–Crippen LogP) is 5.71. The predicted molar refractivity (Wildman–Crippen MR) is 244 cm³/mol. The number of nitrogens with one attached hydrogen (secondary N) is 3. The molecule has 4 aromatic rings. The minimum Gasteiger partial charge on any atom is -0.411 e. The second-order valence-corrected chi connectivity index (χ2v) is 19.0. The number of hydrogen-bond acceptors (Lipinski definition) is 14. The van der Waals surface area contributed by atoms with E-state index in [-0.39, 0.29) is 53.9 Å².